The number of nitrogens with zero attached hydrogens (tertiary/aromatic N) is 1. The van der Waals surface area contributed by atoms with Crippen LogP contribution in [0.2, 0.25) is 0 Å². The zero-order chi connectivity index (χ0) is 13.1. The molecule has 0 aliphatic heterocycles. The monoisotopic (exact) mass is 379 g/mol. The van der Waals surface area contributed by atoms with E-state index in [9.17, 15) is 9.59 Å². The molecule has 1 heterocycles. The molecule has 4 nitrogen and oxygen atoms in total. The normalized spacial score (nSPS) is 15.8. The summed E-state index contributed by atoms with van der Waals surface area (Å²) in [5.41, 5.74) is 0.609. The van der Waals surface area contributed by atoms with E-state index in [1.807, 2.05) is 6.07 Å². The van der Waals surface area contributed by atoms with Crippen molar-refractivity contribution in [3.05, 3.63) is 19.9 Å². The van der Waals surface area contributed by atoms with Gasteiger partial charge >= 0.3 is 5.97 Å². The molecule has 1 aromatic heterocycles. The van der Waals surface area contributed by atoms with Gasteiger partial charge < -0.3 is 10.0 Å². The molecule has 0 unspecified atom stereocenters. The van der Waals surface area contributed by atoms with Crippen LogP contribution in [-0.4, -0.2) is 34.5 Å². The number of hydrogen-bond acceptors (Lipinski definition) is 3. The number of amides is 1. The Hall–Kier alpha value is -0.630. The second-order valence-electron chi connectivity index (χ2n) is 4.40. The number of rotatable bonds is 4. The first-order valence-electron chi connectivity index (χ1n) is 5.84. The third-order valence-electron chi connectivity index (χ3n) is 3.15. The van der Waals surface area contributed by atoms with Gasteiger partial charge in [0, 0.05) is 11.4 Å². The molecule has 6 heteroatoms. The van der Waals surface area contributed by atoms with E-state index in [2.05, 4.69) is 22.6 Å². The fourth-order valence-electron chi connectivity index (χ4n) is 2.32. The van der Waals surface area contributed by atoms with Crippen molar-refractivity contribution < 1.29 is 14.7 Å². The Labute approximate surface area is 123 Å². The van der Waals surface area contributed by atoms with E-state index in [0.29, 0.717) is 5.56 Å². The SMILES string of the molecule is O=C(O)CN(C(=O)c1csc(I)c1)C1CCCC1. The Balaban J connectivity index is 2.17. The zero-order valence-corrected chi connectivity index (χ0v) is 12.7. The molecule has 1 N–H and O–H groups in total. The average molecular weight is 379 g/mol. The van der Waals surface area contributed by atoms with Crippen LogP contribution < -0.4 is 0 Å². The Morgan fingerprint density at radius 2 is 2.11 bits per heavy atom. The average Bonchev–Trinajstić information content (AvgIpc) is 2.95. The smallest absolute Gasteiger partial charge is 0.323 e. The van der Waals surface area contributed by atoms with Crippen LogP contribution in [-0.2, 0) is 4.79 Å². The van der Waals surface area contributed by atoms with Crippen molar-refractivity contribution in [2.24, 2.45) is 0 Å². The molecule has 1 aliphatic rings. The summed E-state index contributed by atoms with van der Waals surface area (Å²) in [6.07, 6.45) is 3.99. The summed E-state index contributed by atoms with van der Waals surface area (Å²) >= 11 is 3.67. The molecule has 0 atom stereocenters. The highest BCUT2D eigenvalue weighted by Crippen LogP contribution is 2.26. The summed E-state index contributed by atoms with van der Waals surface area (Å²) in [6.45, 7) is -0.198. The van der Waals surface area contributed by atoms with Crippen LogP contribution in [0.1, 0.15) is 36.0 Å². The van der Waals surface area contributed by atoms with Crippen LogP contribution in [0.15, 0.2) is 11.4 Å². The van der Waals surface area contributed by atoms with Crippen molar-refractivity contribution in [1.82, 2.24) is 4.90 Å². The standard InChI is InChI=1S/C12H14INO3S/c13-10-5-8(7-18-10)12(17)14(6-11(15)16)9-3-1-2-4-9/h5,7,9H,1-4,6H2,(H,15,16). The van der Waals surface area contributed by atoms with Gasteiger partial charge in [0.1, 0.15) is 6.54 Å². The van der Waals surface area contributed by atoms with Crippen molar-refractivity contribution in [2.75, 3.05) is 6.54 Å². The van der Waals surface area contributed by atoms with Crippen LogP contribution in [0, 0.1) is 2.88 Å². The second-order valence-corrected chi connectivity index (χ2v) is 7.21. The third kappa shape index (κ3) is 3.23. The predicted molar refractivity (Wildman–Crippen MR) is 78.0 cm³/mol. The molecule has 2 rings (SSSR count). The lowest BCUT2D eigenvalue weighted by Crippen LogP contribution is -2.42. The van der Waals surface area contributed by atoms with Gasteiger partial charge in [-0.3, -0.25) is 9.59 Å². The molecule has 1 fully saturated rings. The van der Waals surface area contributed by atoms with E-state index in [0.717, 1.165) is 28.6 Å². The topological polar surface area (TPSA) is 57.6 Å². The summed E-state index contributed by atoms with van der Waals surface area (Å²) < 4.78 is 1.04. The van der Waals surface area contributed by atoms with E-state index >= 15 is 0 Å². The minimum Gasteiger partial charge on any atom is -0.480 e. The summed E-state index contributed by atoms with van der Waals surface area (Å²) in [4.78, 5) is 24.8. The van der Waals surface area contributed by atoms with Gasteiger partial charge in [-0.1, -0.05) is 12.8 Å². The fourth-order valence-corrected chi connectivity index (χ4v) is 3.64. The lowest BCUT2D eigenvalue weighted by Gasteiger charge is -2.27. The maximum Gasteiger partial charge on any atom is 0.323 e. The minimum absolute atomic E-state index is 0.0890. The largest absolute Gasteiger partial charge is 0.480 e. The lowest BCUT2D eigenvalue weighted by molar-refractivity contribution is -0.138. The number of thiophene rings is 1. The highest BCUT2D eigenvalue weighted by molar-refractivity contribution is 14.1. The molecule has 0 saturated heterocycles. The zero-order valence-electron chi connectivity index (χ0n) is 9.76. The Kier molecular flexibility index (Phi) is 4.60. The first-order valence-corrected chi connectivity index (χ1v) is 7.80. The van der Waals surface area contributed by atoms with Crippen molar-refractivity contribution in [1.29, 1.82) is 0 Å². The van der Waals surface area contributed by atoms with Gasteiger partial charge in [0.25, 0.3) is 5.91 Å². The maximum atomic E-state index is 12.3. The Morgan fingerprint density at radius 3 is 2.61 bits per heavy atom. The van der Waals surface area contributed by atoms with Gasteiger partial charge in [-0.15, -0.1) is 11.3 Å². The first kappa shape index (κ1) is 13.8. The molecule has 0 aromatic carbocycles. The van der Waals surface area contributed by atoms with Crippen molar-refractivity contribution in [2.45, 2.75) is 31.7 Å². The van der Waals surface area contributed by atoms with Gasteiger partial charge in [0.05, 0.1) is 8.45 Å². The number of carboxylic acid groups (broad SMARTS) is 1. The van der Waals surface area contributed by atoms with Crippen molar-refractivity contribution >= 4 is 45.8 Å². The van der Waals surface area contributed by atoms with E-state index in [1.54, 1.807) is 5.38 Å². The molecule has 98 valence electrons. The molecule has 1 saturated carbocycles. The summed E-state index contributed by atoms with van der Waals surface area (Å²) in [5.74, 6) is -1.09. The van der Waals surface area contributed by atoms with Crippen LogP contribution >= 0.6 is 33.9 Å². The molecule has 18 heavy (non-hydrogen) atoms. The van der Waals surface area contributed by atoms with Crippen LogP contribution in [0.5, 0.6) is 0 Å². The molecule has 0 spiro atoms. The van der Waals surface area contributed by atoms with Crippen molar-refractivity contribution in [3.8, 4) is 0 Å². The molecule has 0 bridgehead atoms. The number of hydrogen-bond donors (Lipinski definition) is 1. The highest BCUT2D eigenvalue weighted by atomic mass is 127. The number of carbonyl (C=O) groups excluding carboxylic acids is 1. The number of carboxylic acids is 1. The van der Waals surface area contributed by atoms with Gasteiger partial charge in [-0.05, 0) is 41.5 Å². The molecule has 1 aromatic rings. The fraction of sp³-hybridized carbons (Fsp3) is 0.500. The highest BCUT2D eigenvalue weighted by Gasteiger charge is 2.29. The number of aliphatic carboxylic acids is 1. The first-order chi connectivity index (χ1) is 8.58. The van der Waals surface area contributed by atoms with Gasteiger partial charge in [-0.25, -0.2) is 0 Å². The van der Waals surface area contributed by atoms with Gasteiger partial charge in [-0.2, -0.15) is 0 Å². The maximum absolute atomic E-state index is 12.3. The minimum atomic E-state index is -0.944. The predicted octanol–water partition coefficient (Wildman–Crippen LogP) is 2.82. The van der Waals surface area contributed by atoms with Gasteiger partial charge in [0.15, 0.2) is 0 Å². The van der Waals surface area contributed by atoms with Crippen LogP contribution in [0.4, 0.5) is 0 Å². The van der Waals surface area contributed by atoms with Crippen molar-refractivity contribution in [3.63, 3.8) is 0 Å². The van der Waals surface area contributed by atoms with E-state index < -0.39 is 5.97 Å². The van der Waals surface area contributed by atoms with E-state index in [-0.39, 0.29) is 18.5 Å². The molecular formula is C12H14INO3S. The Bertz CT molecular complexity index is 454. The molecule has 1 amide bonds. The van der Waals surface area contributed by atoms with E-state index in [1.165, 1.54) is 16.2 Å². The quantitative estimate of drug-likeness (QED) is 0.819. The third-order valence-corrected chi connectivity index (χ3v) is 4.94. The molecular weight excluding hydrogens is 365 g/mol. The summed E-state index contributed by atoms with van der Waals surface area (Å²) in [5, 5.41) is 10.8. The number of halogens is 1. The molecule has 0 radical (unpaired) electrons. The second kappa shape index (κ2) is 6.01. The molecule has 1 aliphatic carbocycles. The van der Waals surface area contributed by atoms with Crippen LogP contribution in [0.25, 0.3) is 0 Å². The summed E-state index contributed by atoms with van der Waals surface area (Å²) in [7, 11) is 0. The lowest BCUT2D eigenvalue weighted by atomic mass is 10.1. The summed E-state index contributed by atoms with van der Waals surface area (Å²) in [6, 6.07) is 1.91. The van der Waals surface area contributed by atoms with Gasteiger partial charge in [0.2, 0.25) is 0 Å². The van der Waals surface area contributed by atoms with Crippen LogP contribution in [0.3, 0.4) is 0 Å². The van der Waals surface area contributed by atoms with E-state index in [4.69, 9.17) is 5.11 Å². The number of carbonyl (C=O) groups is 2. The Morgan fingerprint density at radius 1 is 1.44 bits per heavy atom.